The third-order valence-electron chi connectivity index (χ3n) is 5.55. The van der Waals surface area contributed by atoms with Gasteiger partial charge in [0.15, 0.2) is 0 Å². The number of halogens is 1. The number of aryl methyl sites for hydroxylation is 1. The first-order valence-corrected chi connectivity index (χ1v) is 10.3. The second-order valence-corrected chi connectivity index (χ2v) is 7.72. The zero-order valence-electron chi connectivity index (χ0n) is 16.8. The maximum Gasteiger partial charge on any atom is 0.134 e. The van der Waals surface area contributed by atoms with Gasteiger partial charge in [0.05, 0.1) is 0 Å². The van der Waals surface area contributed by atoms with Gasteiger partial charge in [-0.3, -0.25) is 0 Å². The number of aromatic nitrogens is 2. The Bertz CT molecular complexity index is 937. The summed E-state index contributed by atoms with van der Waals surface area (Å²) in [6, 6.07) is 19.5. The number of rotatable bonds is 6. The fraction of sp³-hybridized carbons (Fsp3) is 0.333. The molecule has 1 aliphatic heterocycles. The molecule has 29 heavy (non-hydrogen) atoms. The molecule has 4 rings (SSSR count). The summed E-state index contributed by atoms with van der Waals surface area (Å²) in [6.45, 7) is 4.31. The molecule has 0 atom stereocenters. The standard InChI is InChI=1S/C24H27FN4/c1-18-27-23(26-17-21-9-5-6-10-22(21)25)16-24(28-18)29-13-11-20(12-14-29)15-19-7-3-2-4-8-19/h2-10,16,20H,11-15,17H2,1H3,(H,26,27,28). The van der Waals surface area contributed by atoms with Crippen molar-refractivity contribution in [1.29, 1.82) is 0 Å². The van der Waals surface area contributed by atoms with Gasteiger partial charge in [-0.2, -0.15) is 0 Å². The predicted octanol–water partition coefficient (Wildman–Crippen LogP) is 5.00. The Balaban J connectivity index is 1.37. The number of nitrogens with one attached hydrogen (secondary N) is 1. The summed E-state index contributed by atoms with van der Waals surface area (Å²) < 4.78 is 13.9. The van der Waals surface area contributed by atoms with Crippen LogP contribution >= 0.6 is 0 Å². The van der Waals surface area contributed by atoms with Crippen LogP contribution in [0.3, 0.4) is 0 Å². The normalized spacial score (nSPS) is 14.8. The molecule has 2 heterocycles. The molecule has 0 saturated carbocycles. The summed E-state index contributed by atoms with van der Waals surface area (Å²) in [7, 11) is 0. The van der Waals surface area contributed by atoms with Gasteiger partial charge < -0.3 is 10.2 Å². The molecule has 1 N–H and O–H groups in total. The topological polar surface area (TPSA) is 41.1 Å². The third kappa shape index (κ3) is 5.11. The van der Waals surface area contributed by atoms with Gasteiger partial charge >= 0.3 is 0 Å². The van der Waals surface area contributed by atoms with Gasteiger partial charge in [0.25, 0.3) is 0 Å². The maximum atomic E-state index is 13.9. The van der Waals surface area contributed by atoms with Crippen molar-refractivity contribution in [1.82, 2.24) is 9.97 Å². The molecule has 0 radical (unpaired) electrons. The average molecular weight is 391 g/mol. The van der Waals surface area contributed by atoms with Crippen LogP contribution in [-0.2, 0) is 13.0 Å². The Morgan fingerprint density at radius 2 is 1.72 bits per heavy atom. The van der Waals surface area contributed by atoms with Gasteiger partial charge in [0.2, 0.25) is 0 Å². The van der Waals surface area contributed by atoms with E-state index in [9.17, 15) is 4.39 Å². The summed E-state index contributed by atoms with van der Waals surface area (Å²) in [6.07, 6.45) is 3.47. The van der Waals surface area contributed by atoms with Crippen molar-refractivity contribution in [2.45, 2.75) is 32.7 Å². The van der Waals surface area contributed by atoms with Crippen LogP contribution in [0, 0.1) is 18.7 Å². The maximum absolute atomic E-state index is 13.9. The zero-order chi connectivity index (χ0) is 20.1. The van der Waals surface area contributed by atoms with E-state index in [0.29, 0.717) is 12.1 Å². The third-order valence-corrected chi connectivity index (χ3v) is 5.55. The lowest BCUT2D eigenvalue weighted by Gasteiger charge is -2.33. The molecule has 0 unspecified atom stereocenters. The van der Waals surface area contributed by atoms with Crippen LogP contribution in [0.1, 0.15) is 29.8 Å². The van der Waals surface area contributed by atoms with E-state index in [1.54, 1.807) is 12.1 Å². The molecule has 0 spiro atoms. The highest BCUT2D eigenvalue weighted by molar-refractivity contribution is 5.50. The first-order valence-electron chi connectivity index (χ1n) is 10.3. The van der Waals surface area contributed by atoms with Crippen LogP contribution in [0.2, 0.25) is 0 Å². The highest BCUT2D eigenvalue weighted by Crippen LogP contribution is 2.26. The molecule has 1 fully saturated rings. The summed E-state index contributed by atoms with van der Waals surface area (Å²) in [5.41, 5.74) is 2.05. The van der Waals surface area contributed by atoms with Gasteiger partial charge in [-0.15, -0.1) is 0 Å². The number of nitrogens with zero attached hydrogens (tertiary/aromatic N) is 3. The second-order valence-electron chi connectivity index (χ2n) is 7.72. The molecule has 5 heteroatoms. The fourth-order valence-corrected chi connectivity index (χ4v) is 3.95. The van der Waals surface area contributed by atoms with Crippen molar-refractivity contribution in [3.8, 4) is 0 Å². The molecule has 1 saturated heterocycles. The largest absolute Gasteiger partial charge is 0.366 e. The van der Waals surface area contributed by atoms with Crippen molar-refractivity contribution in [2.75, 3.05) is 23.3 Å². The van der Waals surface area contributed by atoms with Gasteiger partial charge in [0.1, 0.15) is 23.3 Å². The summed E-state index contributed by atoms with van der Waals surface area (Å²) in [5.74, 6) is 2.93. The number of hydrogen-bond donors (Lipinski definition) is 1. The highest BCUT2D eigenvalue weighted by atomic mass is 19.1. The lowest BCUT2D eigenvalue weighted by Crippen LogP contribution is -2.35. The minimum Gasteiger partial charge on any atom is -0.366 e. The Kier molecular flexibility index (Phi) is 6.03. The highest BCUT2D eigenvalue weighted by Gasteiger charge is 2.21. The van der Waals surface area contributed by atoms with Gasteiger partial charge in [-0.05, 0) is 43.7 Å². The quantitative estimate of drug-likeness (QED) is 0.643. The Labute approximate surface area is 171 Å². The van der Waals surface area contributed by atoms with Crippen LogP contribution in [0.25, 0.3) is 0 Å². The van der Waals surface area contributed by atoms with Gasteiger partial charge in [0, 0.05) is 31.3 Å². The molecule has 0 amide bonds. The predicted molar refractivity (Wildman–Crippen MR) is 116 cm³/mol. The Morgan fingerprint density at radius 1 is 1.00 bits per heavy atom. The van der Waals surface area contributed by atoms with Crippen LogP contribution in [0.15, 0.2) is 60.7 Å². The fourth-order valence-electron chi connectivity index (χ4n) is 3.95. The molecule has 1 aliphatic rings. The molecule has 0 aliphatic carbocycles. The van der Waals surface area contributed by atoms with Crippen LogP contribution in [-0.4, -0.2) is 23.1 Å². The lowest BCUT2D eigenvalue weighted by atomic mass is 9.90. The molecular weight excluding hydrogens is 363 g/mol. The molecule has 4 nitrogen and oxygen atoms in total. The van der Waals surface area contributed by atoms with Crippen LogP contribution in [0.4, 0.5) is 16.0 Å². The first kappa shape index (κ1) is 19.4. The lowest BCUT2D eigenvalue weighted by molar-refractivity contribution is 0.402. The molecule has 0 bridgehead atoms. The van der Waals surface area contributed by atoms with E-state index < -0.39 is 0 Å². The first-order chi connectivity index (χ1) is 14.2. The zero-order valence-corrected chi connectivity index (χ0v) is 16.8. The van der Waals surface area contributed by atoms with Crippen molar-refractivity contribution >= 4 is 11.6 Å². The van der Waals surface area contributed by atoms with Crippen LogP contribution in [0.5, 0.6) is 0 Å². The molecule has 1 aromatic heterocycles. The average Bonchev–Trinajstić information content (AvgIpc) is 2.74. The second kappa shape index (κ2) is 9.03. The van der Waals surface area contributed by atoms with Gasteiger partial charge in [-0.25, -0.2) is 14.4 Å². The van der Waals surface area contributed by atoms with E-state index in [1.165, 1.54) is 11.6 Å². The number of anilines is 2. The minimum absolute atomic E-state index is 0.202. The SMILES string of the molecule is Cc1nc(NCc2ccccc2F)cc(N2CCC(Cc3ccccc3)CC2)n1. The van der Waals surface area contributed by atoms with Crippen molar-refractivity contribution < 1.29 is 4.39 Å². The Morgan fingerprint density at radius 3 is 2.48 bits per heavy atom. The van der Waals surface area contributed by atoms with Crippen LogP contribution < -0.4 is 10.2 Å². The molecule has 150 valence electrons. The summed E-state index contributed by atoms with van der Waals surface area (Å²) in [5, 5.41) is 3.25. The number of benzene rings is 2. The molecular formula is C24H27FN4. The summed E-state index contributed by atoms with van der Waals surface area (Å²) in [4.78, 5) is 11.5. The molecule has 2 aromatic carbocycles. The van der Waals surface area contributed by atoms with E-state index in [1.807, 2.05) is 19.1 Å². The van der Waals surface area contributed by atoms with E-state index in [-0.39, 0.29) is 5.82 Å². The smallest absolute Gasteiger partial charge is 0.134 e. The van der Waals surface area contributed by atoms with Crippen molar-refractivity contribution in [3.63, 3.8) is 0 Å². The van der Waals surface area contributed by atoms with Crippen molar-refractivity contribution in [3.05, 3.63) is 83.4 Å². The van der Waals surface area contributed by atoms with E-state index in [2.05, 4.69) is 50.5 Å². The number of piperidine rings is 1. The molecule has 3 aromatic rings. The van der Waals surface area contributed by atoms with E-state index in [4.69, 9.17) is 0 Å². The summed E-state index contributed by atoms with van der Waals surface area (Å²) >= 11 is 0. The van der Waals surface area contributed by atoms with Crippen molar-refractivity contribution in [2.24, 2.45) is 5.92 Å². The number of hydrogen-bond acceptors (Lipinski definition) is 4. The monoisotopic (exact) mass is 390 g/mol. The minimum atomic E-state index is -0.202. The van der Waals surface area contributed by atoms with E-state index >= 15 is 0 Å². The van der Waals surface area contributed by atoms with Gasteiger partial charge in [-0.1, -0.05) is 48.5 Å². The Hall–Kier alpha value is -2.95. The van der Waals surface area contributed by atoms with E-state index in [0.717, 1.165) is 55.7 Å².